The van der Waals surface area contributed by atoms with Crippen molar-refractivity contribution in [3.63, 3.8) is 0 Å². The van der Waals surface area contributed by atoms with Crippen LogP contribution in [0.25, 0.3) is 0 Å². The van der Waals surface area contributed by atoms with Crippen LogP contribution in [0, 0.1) is 5.41 Å². The summed E-state index contributed by atoms with van der Waals surface area (Å²) in [5.74, 6) is 0.607. The Kier molecular flexibility index (Phi) is 6.34. The Bertz CT molecular complexity index is 189. The molecule has 0 unspecified atom stereocenters. The number of guanidine groups is 1. The number of amidine groups is 1. The fourth-order valence-electron chi connectivity index (χ4n) is 0.572. The fraction of sp³-hybridized carbons (Fsp3) is 0.714. The van der Waals surface area contributed by atoms with Crippen molar-refractivity contribution in [2.75, 3.05) is 12.4 Å². The van der Waals surface area contributed by atoms with E-state index >= 15 is 0 Å². The van der Waals surface area contributed by atoms with Crippen LogP contribution in [0.3, 0.4) is 0 Å². The van der Waals surface area contributed by atoms with E-state index in [-0.39, 0.29) is 17.2 Å². The van der Waals surface area contributed by atoms with Gasteiger partial charge < -0.3 is 16.2 Å². The quantitative estimate of drug-likeness (QED) is 0.350. The Hall–Kier alpha value is -0.750. The first-order chi connectivity index (χ1) is 6.02. The van der Waals surface area contributed by atoms with Crippen molar-refractivity contribution in [2.24, 2.45) is 16.5 Å². The van der Waals surface area contributed by atoms with E-state index in [1.54, 1.807) is 0 Å². The van der Waals surface area contributed by atoms with E-state index in [0.29, 0.717) is 12.4 Å². The molecule has 0 saturated heterocycles. The zero-order chi connectivity index (χ0) is 10.3. The molecule has 0 heterocycles. The number of nitrogens with zero attached hydrogens (tertiary/aromatic N) is 1. The lowest BCUT2D eigenvalue weighted by molar-refractivity contribution is 0.0921. The molecule has 0 radical (unpaired) electrons. The van der Waals surface area contributed by atoms with Crippen LogP contribution < -0.4 is 11.5 Å². The number of nitrogens with one attached hydrogen (secondary N) is 1. The minimum atomic E-state index is -0.0812. The van der Waals surface area contributed by atoms with Crippen LogP contribution in [0.4, 0.5) is 0 Å². The molecule has 0 fully saturated rings. The largest absolute Gasteiger partial charge is 0.378 e. The van der Waals surface area contributed by atoms with Crippen molar-refractivity contribution in [3.05, 3.63) is 0 Å². The Morgan fingerprint density at radius 3 is 2.62 bits per heavy atom. The highest BCUT2D eigenvalue weighted by atomic mass is 32.2. The van der Waals surface area contributed by atoms with Crippen molar-refractivity contribution in [2.45, 2.75) is 20.0 Å². The SMILES string of the molecule is CC(C)OCCSC(=N)N=C(N)N. The van der Waals surface area contributed by atoms with Gasteiger partial charge in [-0.2, -0.15) is 4.99 Å². The fourth-order valence-corrected chi connectivity index (χ4v) is 1.11. The third-order valence-electron chi connectivity index (χ3n) is 1.00. The summed E-state index contributed by atoms with van der Waals surface area (Å²) >= 11 is 1.26. The van der Waals surface area contributed by atoms with Crippen molar-refractivity contribution < 1.29 is 4.74 Å². The van der Waals surface area contributed by atoms with Gasteiger partial charge in [0.05, 0.1) is 12.7 Å². The number of hydrogen-bond donors (Lipinski definition) is 3. The molecule has 0 amide bonds. The molecule has 0 aromatic carbocycles. The summed E-state index contributed by atoms with van der Waals surface area (Å²) < 4.78 is 5.27. The monoisotopic (exact) mass is 204 g/mol. The van der Waals surface area contributed by atoms with Gasteiger partial charge in [-0.05, 0) is 13.8 Å². The lowest BCUT2D eigenvalue weighted by Crippen LogP contribution is -2.23. The predicted molar refractivity (Wildman–Crippen MR) is 57.1 cm³/mol. The molecular formula is C7H16N4OS. The summed E-state index contributed by atoms with van der Waals surface area (Å²) in [6.07, 6.45) is 0.220. The summed E-state index contributed by atoms with van der Waals surface area (Å²) in [5, 5.41) is 7.38. The number of rotatable bonds is 4. The smallest absolute Gasteiger partial charge is 0.193 e. The third-order valence-corrected chi connectivity index (χ3v) is 1.74. The molecule has 0 atom stereocenters. The molecule has 0 aliphatic carbocycles. The molecule has 13 heavy (non-hydrogen) atoms. The first-order valence-corrected chi connectivity index (χ1v) is 4.93. The van der Waals surface area contributed by atoms with Crippen molar-refractivity contribution >= 4 is 22.9 Å². The highest BCUT2D eigenvalue weighted by molar-refractivity contribution is 8.13. The Morgan fingerprint density at radius 2 is 2.15 bits per heavy atom. The van der Waals surface area contributed by atoms with Gasteiger partial charge in [0.15, 0.2) is 11.1 Å². The van der Waals surface area contributed by atoms with E-state index < -0.39 is 0 Å². The second kappa shape index (κ2) is 6.73. The molecule has 5 nitrogen and oxygen atoms in total. The zero-order valence-electron chi connectivity index (χ0n) is 7.91. The average molecular weight is 204 g/mol. The number of nitrogens with two attached hydrogens (primary N) is 2. The van der Waals surface area contributed by atoms with Gasteiger partial charge in [-0.1, -0.05) is 11.8 Å². The van der Waals surface area contributed by atoms with E-state index in [9.17, 15) is 0 Å². The van der Waals surface area contributed by atoms with E-state index in [1.807, 2.05) is 13.8 Å². The van der Waals surface area contributed by atoms with Gasteiger partial charge in [-0.15, -0.1) is 0 Å². The van der Waals surface area contributed by atoms with E-state index in [4.69, 9.17) is 21.6 Å². The molecule has 6 heteroatoms. The van der Waals surface area contributed by atoms with Gasteiger partial charge in [-0.3, -0.25) is 5.41 Å². The van der Waals surface area contributed by atoms with Crippen molar-refractivity contribution in [1.29, 1.82) is 5.41 Å². The molecule has 5 N–H and O–H groups in total. The van der Waals surface area contributed by atoms with Crippen LogP contribution in [0.15, 0.2) is 4.99 Å². The van der Waals surface area contributed by atoms with Gasteiger partial charge in [0.2, 0.25) is 0 Å². The van der Waals surface area contributed by atoms with Crippen LogP contribution in [0.5, 0.6) is 0 Å². The van der Waals surface area contributed by atoms with E-state index in [0.717, 1.165) is 0 Å². The van der Waals surface area contributed by atoms with Gasteiger partial charge >= 0.3 is 0 Å². The summed E-state index contributed by atoms with van der Waals surface area (Å²) in [5.41, 5.74) is 10.2. The highest BCUT2D eigenvalue weighted by Gasteiger charge is 1.97. The number of hydrogen-bond acceptors (Lipinski definition) is 3. The van der Waals surface area contributed by atoms with Crippen LogP contribution in [-0.2, 0) is 4.74 Å². The number of aliphatic imine (C=N–C) groups is 1. The zero-order valence-corrected chi connectivity index (χ0v) is 8.73. The Balaban J connectivity index is 3.44. The number of ether oxygens (including phenoxy) is 1. The summed E-state index contributed by atoms with van der Waals surface area (Å²) in [6.45, 7) is 4.53. The van der Waals surface area contributed by atoms with Gasteiger partial charge in [0, 0.05) is 5.75 Å². The summed E-state index contributed by atoms with van der Waals surface area (Å²) in [6, 6.07) is 0. The van der Waals surface area contributed by atoms with Gasteiger partial charge in [-0.25, -0.2) is 0 Å². The van der Waals surface area contributed by atoms with Crippen molar-refractivity contribution in [1.82, 2.24) is 0 Å². The minimum absolute atomic E-state index is 0.0812. The molecule has 76 valence electrons. The lowest BCUT2D eigenvalue weighted by atomic mass is 10.5. The molecule has 0 aliphatic heterocycles. The third kappa shape index (κ3) is 9.16. The molecule has 0 rings (SSSR count). The summed E-state index contributed by atoms with van der Waals surface area (Å²) in [4.78, 5) is 3.56. The molecule has 0 saturated carbocycles. The lowest BCUT2D eigenvalue weighted by Gasteiger charge is -2.05. The topological polar surface area (TPSA) is 97.5 Å². The first kappa shape index (κ1) is 12.2. The maximum atomic E-state index is 7.26. The average Bonchev–Trinajstić information content (AvgIpc) is 1.96. The standard InChI is InChI=1S/C7H16N4OS/c1-5(2)12-3-4-13-7(10)11-6(8)9/h5H,3-4H2,1-2H3,(H5,8,9,10,11). The molecule has 0 spiro atoms. The van der Waals surface area contributed by atoms with E-state index in [2.05, 4.69) is 4.99 Å². The molecule has 0 aromatic rings. The highest BCUT2D eigenvalue weighted by Crippen LogP contribution is 2.03. The molecule has 0 bridgehead atoms. The van der Waals surface area contributed by atoms with Crippen LogP contribution in [-0.4, -0.2) is 29.6 Å². The molecule has 0 aliphatic rings. The molecular weight excluding hydrogens is 188 g/mol. The Morgan fingerprint density at radius 1 is 1.54 bits per heavy atom. The van der Waals surface area contributed by atoms with Crippen LogP contribution in [0.2, 0.25) is 0 Å². The van der Waals surface area contributed by atoms with Crippen molar-refractivity contribution in [3.8, 4) is 0 Å². The second-order valence-corrected chi connectivity index (χ2v) is 3.69. The van der Waals surface area contributed by atoms with Crippen LogP contribution >= 0.6 is 11.8 Å². The predicted octanol–water partition coefficient (Wildman–Crippen LogP) is 0.353. The maximum absolute atomic E-state index is 7.26. The van der Waals surface area contributed by atoms with E-state index in [1.165, 1.54) is 11.8 Å². The van der Waals surface area contributed by atoms with Gasteiger partial charge in [0.25, 0.3) is 0 Å². The Labute approximate surface area is 82.4 Å². The first-order valence-electron chi connectivity index (χ1n) is 3.95. The number of thioether (sulfide) groups is 1. The minimum Gasteiger partial charge on any atom is -0.378 e. The second-order valence-electron chi connectivity index (χ2n) is 2.61. The normalized spacial score (nSPS) is 10.1. The van der Waals surface area contributed by atoms with Crippen LogP contribution in [0.1, 0.15) is 13.8 Å². The summed E-state index contributed by atoms with van der Waals surface area (Å²) in [7, 11) is 0. The van der Waals surface area contributed by atoms with Gasteiger partial charge in [0.1, 0.15) is 0 Å². The maximum Gasteiger partial charge on any atom is 0.193 e. The molecule has 0 aromatic heterocycles.